The molecule has 1 amide bonds. The van der Waals surface area contributed by atoms with E-state index in [-0.39, 0.29) is 6.54 Å². The Labute approximate surface area is 187 Å². The molecule has 0 spiro atoms. The van der Waals surface area contributed by atoms with Gasteiger partial charge < -0.3 is 4.42 Å². The molecule has 1 aliphatic heterocycles. The number of benzene rings is 2. The first kappa shape index (κ1) is 20.0. The average molecular weight is 449 g/mol. The summed E-state index contributed by atoms with van der Waals surface area (Å²) in [6, 6.07) is 19.3. The highest BCUT2D eigenvalue weighted by Crippen LogP contribution is 2.33. The highest BCUT2D eigenvalue weighted by atomic mass is 35.5. The molecule has 1 atom stereocenters. The predicted molar refractivity (Wildman–Crippen MR) is 117 cm³/mol. The smallest absolute Gasteiger partial charge is 0.368 e. The summed E-state index contributed by atoms with van der Waals surface area (Å²) in [7, 11) is 0. The van der Waals surface area contributed by atoms with E-state index >= 15 is 0 Å². The van der Waals surface area contributed by atoms with Gasteiger partial charge in [0.25, 0.3) is 5.91 Å². The van der Waals surface area contributed by atoms with Gasteiger partial charge in [-0.2, -0.15) is 14.5 Å². The Morgan fingerprint density at radius 3 is 2.53 bits per heavy atom. The molecule has 0 saturated heterocycles. The lowest BCUT2D eigenvalue weighted by molar-refractivity contribution is -0.134. The number of carbonyl (C=O) groups excluding carboxylic acids is 1. The van der Waals surface area contributed by atoms with Crippen molar-refractivity contribution in [3.63, 3.8) is 0 Å². The molecule has 32 heavy (non-hydrogen) atoms. The summed E-state index contributed by atoms with van der Waals surface area (Å²) in [5.41, 5.74) is 1.62. The molecule has 0 saturated carbocycles. The van der Waals surface area contributed by atoms with E-state index in [9.17, 15) is 9.59 Å². The molecule has 0 fully saturated rings. The van der Waals surface area contributed by atoms with Crippen molar-refractivity contribution in [2.75, 3.05) is 0 Å². The van der Waals surface area contributed by atoms with E-state index < -0.39 is 17.6 Å². The Morgan fingerprint density at radius 1 is 1.03 bits per heavy atom. The van der Waals surface area contributed by atoms with Crippen molar-refractivity contribution in [1.82, 2.24) is 24.8 Å². The summed E-state index contributed by atoms with van der Waals surface area (Å²) in [6.07, 6.45) is 2.01. The first-order valence-electron chi connectivity index (χ1n) is 9.87. The van der Waals surface area contributed by atoms with Gasteiger partial charge in [-0.15, -0.1) is 0 Å². The van der Waals surface area contributed by atoms with E-state index in [4.69, 9.17) is 16.0 Å². The van der Waals surface area contributed by atoms with Gasteiger partial charge >= 0.3 is 5.69 Å². The molecular formula is C22H17ClN6O3. The minimum Gasteiger partial charge on any atom is -0.467 e. The van der Waals surface area contributed by atoms with Crippen molar-refractivity contribution < 1.29 is 9.21 Å². The van der Waals surface area contributed by atoms with Crippen molar-refractivity contribution in [2.45, 2.75) is 19.0 Å². The van der Waals surface area contributed by atoms with Crippen LogP contribution in [0.5, 0.6) is 0 Å². The van der Waals surface area contributed by atoms with Crippen LogP contribution in [0.15, 0.2) is 87.3 Å². The molecule has 9 nitrogen and oxygen atoms in total. The van der Waals surface area contributed by atoms with Crippen LogP contribution in [0.2, 0.25) is 5.02 Å². The second kappa shape index (κ2) is 8.27. The summed E-state index contributed by atoms with van der Waals surface area (Å²) in [4.78, 5) is 25.9. The molecule has 0 bridgehead atoms. The van der Waals surface area contributed by atoms with Crippen molar-refractivity contribution in [3.8, 4) is 5.69 Å². The van der Waals surface area contributed by atoms with Crippen LogP contribution in [-0.2, 0) is 11.3 Å². The van der Waals surface area contributed by atoms with E-state index in [1.54, 1.807) is 54.8 Å². The molecule has 3 heterocycles. The number of hydrazone groups is 1. The van der Waals surface area contributed by atoms with Crippen molar-refractivity contribution in [3.05, 3.63) is 99.8 Å². The molecule has 2 aromatic carbocycles. The molecule has 0 radical (unpaired) electrons. The number of para-hydroxylation sites is 1. The second-order valence-electron chi connectivity index (χ2n) is 7.19. The number of nitrogens with zero attached hydrogens (tertiary/aromatic N) is 6. The highest BCUT2D eigenvalue weighted by Gasteiger charge is 2.35. The third kappa shape index (κ3) is 3.74. The lowest BCUT2D eigenvalue weighted by Crippen LogP contribution is -2.34. The Bertz CT molecular complexity index is 1330. The Morgan fingerprint density at radius 2 is 1.81 bits per heavy atom. The minimum absolute atomic E-state index is 0.305. The maximum absolute atomic E-state index is 13.2. The van der Waals surface area contributed by atoms with Crippen LogP contribution in [-0.4, -0.2) is 36.4 Å². The highest BCUT2D eigenvalue weighted by molar-refractivity contribution is 6.30. The molecule has 1 aliphatic rings. The number of aromatic nitrogens is 4. The summed E-state index contributed by atoms with van der Waals surface area (Å²) >= 11 is 5.99. The van der Waals surface area contributed by atoms with Crippen LogP contribution >= 0.6 is 11.6 Å². The van der Waals surface area contributed by atoms with Gasteiger partial charge in [0.05, 0.1) is 17.7 Å². The maximum Gasteiger partial charge on any atom is 0.368 e. The monoisotopic (exact) mass is 448 g/mol. The van der Waals surface area contributed by atoms with Crippen LogP contribution in [0, 0.1) is 0 Å². The van der Waals surface area contributed by atoms with Gasteiger partial charge in [-0.1, -0.05) is 41.9 Å². The Balaban J connectivity index is 1.43. The van der Waals surface area contributed by atoms with Crippen molar-refractivity contribution >= 4 is 23.2 Å². The molecule has 4 aromatic rings. The van der Waals surface area contributed by atoms with Crippen LogP contribution in [0.3, 0.4) is 0 Å². The molecule has 0 N–H and O–H groups in total. The summed E-state index contributed by atoms with van der Waals surface area (Å²) < 4.78 is 7.71. The fourth-order valence-electron chi connectivity index (χ4n) is 3.56. The van der Waals surface area contributed by atoms with E-state index in [2.05, 4.69) is 15.5 Å². The largest absolute Gasteiger partial charge is 0.467 e. The fourth-order valence-corrected chi connectivity index (χ4v) is 3.69. The van der Waals surface area contributed by atoms with Gasteiger partial charge in [0, 0.05) is 11.4 Å². The summed E-state index contributed by atoms with van der Waals surface area (Å²) in [6.45, 7) is -0.305. The lowest BCUT2D eigenvalue weighted by atomic mass is 10.0. The molecule has 1 unspecified atom stereocenters. The number of tetrazole rings is 1. The SMILES string of the molecule is O=C(Cn1nnn(-c2ccccc2)c1=O)N1N=C(c2ccc(Cl)cc2)CC1c1ccco1. The van der Waals surface area contributed by atoms with E-state index in [0.29, 0.717) is 22.9 Å². The van der Waals surface area contributed by atoms with Crippen LogP contribution in [0.25, 0.3) is 5.69 Å². The van der Waals surface area contributed by atoms with Crippen molar-refractivity contribution in [1.29, 1.82) is 0 Å². The van der Waals surface area contributed by atoms with Crippen LogP contribution in [0.1, 0.15) is 23.8 Å². The normalized spacial score (nSPS) is 15.7. The third-order valence-electron chi connectivity index (χ3n) is 5.14. The fraction of sp³-hybridized carbons (Fsp3) is 0.136. The number of rotatable bonds is 5. The van der Waals surface area contributed by atoms with E-state index in [0.717, 1.165) is 20.6 Å². The quantitative estimate of drug-likeness (QED) is 0.467. The number of hydrogen-bond acceptors (Lipinski definition) is 6. The van der Waals surface area contributed by atoms with Crippen LogP contribution in [0.4, 0.5) is 0 Å². The Hall–Kier alpha value is -3.98. The number of carbonyl (C=O) groups is 1. The van der Waals surface area contributed by atoms with E-state index in [1.807, 2.05) is 18.2 Å². The number of hydrogen-bond donors (Lipinski definition) is 0. The topological polar surface area (TPSA) is 98.5 Å². The number of furan rings is 1. The molecule has 0 aliphatic carbocycles. The third-order valence-corrected chi connectivity index (χ3v) is 5.39. The number of halogens is 1. The van der Waals surface area contributed by atoms with Crippen LogP contribution < -0.4 is 5.69 Å². The number of amides is 1. The first-order chi connectivity index (χ1) is 15.6. The van der Waals surface area contributed by atoms with Gasteiger partial charge in [0.1, 0.15) is 18.3 Å². The molecule has 5 rings (SSSR count). The first-order valence-corrected chi connectivity index (χ1v) is 10.2. The van der Waals surface area contributed by atoms with Gasteiger partial charge in [0.15, 0.2) is 0 Å². The molecule has 10 heteroatoms. The zero-order valence-electron chi connectivity index (χ0n) is 16.7. The summed E-state index contributed by atoms with van der Waals surface area (Å²) in [5.74, 6) is 0.198. The minimum atomic E-state index is -0.514. The maximum atomic E-state index is 13.2. The second-order valence-corrected chi connectivity index (χ2v) is 7.63. The molecular weight excluding hydrogens is 432 g/mol. The molecule has 160 valence electrons. The van der Waals surface area contributed by atoms with Gasteiger partial charge in [-0.25, -0.2) is 9.80 Å². The van der Waals surface area contributed by atoms with Gasteiger partial charge in [0.2, 0.25) is 0 Å². The van der Waals surface area contributed by atoms with Gasteiger partial charge in [-0.3, -0.25) is 4.79 Å². The Kier molecular flexibility index (Phi) is 5.16. The standard InChI is InChI=1S/C22H17ClN6O3/c23-16-10-8-15(9-11-16)18-13-19(20-7-4-12-32-20)29(24-18)21(30)14-27-22(31)28(26-25-27)17-5-2-1-3-6-17/h1-12,19H,13-14H2. The zero-order chi connectivity index (χ0) is 22.1. The molecule has 2 aromatic heterocycles. The van der Waals surface area contributed by atoms with Gasteiger partial charge in [-0.05, 0) is 52.4 Å². The van der Waals surface area contributed by atoms with E-state index in [1.165, 1.54) is 5.01 Å². The lowest BCUT2D eigenvalue weighted by Gasteiger charge is -2.19. The summed E-state index contributed by atoms with van der Waals surface area (Å²) in [5, 5.41) is 14.2. The average Bonchev–Trinajstić information content (AvgIpc) is 3.55. The zero-order valence-corrected chi connectivity index (χ0v) is 17.5. The van der Waals surface area contributed by atoms with Crippen molar-refractivity contribution in [2.24, 2.45) is 5.10 Å². The predicted octanol–water partition coefficient (Wildman–Crippen LogP) is 3.05.